The van der Waals surface area contributed by atoms with E-state index in [0.717, 1.165) is 13.0 Å². The standard InChI is InChI=1S/C12H23N3O2/c1-9(6-7-14(4)5)15-8-10(16)13-12(2,3)11(15)17/h9H,6-8H2,1-5H3,(H,13,16). The smallest absolute Gasteiger partial charge is 0.248 e. The van der Waals surface area contributed by atoms with Crippen LogP contribution in [0.15, 0.2) is 0 Å². The fourth-order valence-corrected chi connectivity index (χ4v) is 1.98. The largest absolute Gasteiger partial charge is 0.341 e. The number of nitrogens with one attached hydrogen (secondary N) is 1. The first-order valence-electron chi connectivity index (χ1n) is 6.01. The van der Waals surface area contributed by atoms with E-state index >= 15 is 0 Å². The molecule has 0 aliphatic carbocycles. The minimum absolute atomic E-state index is 0.00311. The van der Waals surface area contributed by atoms with Crippen molar-refractivity contribution >= 4 is 11.8 Å². The molecule has 1 N–H and O–H groups in total. The van der Waals surface area contributed by atoms with E-state index in [0.29, 0.717) is 0 Å². The highest BCUT2D eigenvalue weighted by molar-refractivity contribution is 5.97. The van der Waals surface area contributed by atoms with Gasteiger partial charge in [-0.2, -0.15) is 0 Å². The van der Waals surface area contributed by atoms with Crippen LogP contribution in [0.2, 0.25) is 0 Å². The van der Waals surface area contributed by atoms with Crippen LogP contribution in [0.4, 0.5) is 0 Å². The summed E-state index contributed by atoms with van der Waals surface area (Å²) >= 11 is 0. The van der Waals surface area contributed by atoms with Crippen molar-refractivity contribution in [2.45, 2.75) is 38.8 Å². The first-order valence-corrected chi connectivity index (χ1v) is 6.01. The Kier molecular flexibility index (Phi) is 4.14. The lowest BCUT2D eigenvalue weighted by atomic mass is 9.98. The maximum atomic E-state index is 12.2. The first-order chi connectivity index (χ1) is 7.74. The normalized spacial score (nSPS) is 21.6. The van der Waals surface area contributed by atoms with Crippen LogP contribution in [0.3, 0.4) is 0 Å². The van der Waals surface area contributed by atoms with Gasteiger partial charge in [0.1, 0.15) is 5.54 Å². The van der Waals surface area contributed by atoms with E-state index in [1.807, 2.05) is 21.0 Å². The number of piperazine rings is 1. The molecule has 0 spiro atoms. The third-order valence-corrected chi connectivity index (χ3v) is 3.09. The zero-order chi connectivity index (χ0) is 13.2. The molecule has 17 heavy (non-hydrogen) atoms. The van der Waals surface area contributed by atoms with E-state index in [1.165, 1.54) is 0 Å². The summed E-state index contributed by atoms with van der Waals surface area (Å²) in [4.78, 5) is 27.5. The molecule has 0 aromatic heterocycles. The van der Waals surface area contributed by atoms with Gasteiger partial charge in [-0.15, -0.1) is 0 Å². The molecular weight excluding hydrogens is 218 g/mol. The van der Waals surface area contributed by atoms with Gasteiger partial charge in [0.05, 0.1) is 6.54 Å². The second-order valence-electron chi connectivity index (χ2n) is 5.55. The maximum Gasteiger partial charge on any atom is 0.248 e. The van der Waals surface area contributed by atoms with Crippen molar-refractivity contribution in [3.63, 3.8) is 0 Å². The van der Waals surface area contributed by atoms with Gasteiger partial charge < -0.3 is 15.1 Å². The van der Waals surface area contributed by atoms with Crippen LogP contribution < -0.4 is 5.32 Å². The quantitative estimate of drug-likeness (QED) is 0.757. The molecule has 1 atom stereocenters. The molecule has 0 aromatic rings. The number of rotatable bonds is 4. The molecule has 0 bridgehead atoms. The van der Waals surface area contributed by atoms with Crippen LogP contribution in [0, 0.1) is 0 Å². The molecule has 2 amide bonds. The molecule has 1 rings (SSSR count). The third kappa shape index (κ3) is 3.43. The summed E-state index contributed by atoms with van der Waals surface area (Å²) < 4.78 is 0. The van der Waals surface area contributed by atoms with Gasteiger partial charge in [0.2, 0.25) is 11.8 Å². The highest BCUT2D eigenvalue weighted by Gasteiger charge is 2.40. The fraction of sp³-hybridized carbons (Fsp3) is 0.833. The Morgan fingerprint density at radius 3 is 2.53 bits per heavy atom. The molecule has 98 valence electrons. The Labute approximate surface area is 103 Å². The average molecular weight is 241 g/mol. The molecule has 1 aliphatic heterocycles. The van der Waals surface area contributed by atoms with E-state index in [4.69, 9.17) is 0 Å². The molecule has 0 aromatic carbocycles. The summed E-state index contributed by atoms with van der Waals surface area (Å²) in [6.07, 6.45) is 0.877. The number of nitrogens with zero attached hydrogens (tertiary/aromatic N) is 2. The van der Waals surface area contributed by atoms with Gasteiger partial charge in [-0.05, 0) is 47.8 Å². The van der Waals surface area contributed by atoms with Crippen molar-refractivity contribution in [2.75, 3.05) is 27.2 Å². The lowest BCUT2D eigenvalue weighted by molar-refractivity contribution is -0.150. The third-order valence-electron chi connectivity index (χ3n) is 3.09. The fourth-order valence-electron chi connectivity index (χ4n) is 1.98. The molecule has 0 saturated carbocycles. The number of hydrogen-bond donors (Lipinski definition) is 1. The predicted octanol–water partition coefficient (Wildman–Crippen LogP) is 0.0636. The zero-order valence-electron chi connectivity index (χ0n) is 11.4. The van der Waals surface area contributed by atoms with E-state index in [1.54, 1.807) is 18.7 Å². The minimum atomic E-state index is -0.776. The zero-order valence-corrected chi connectivity index (χ0v) is 11.4. The summed E-state index contributed by atoms with van der Waals surface area (Å²) in [7, 11) is 4.00. The monoisotopic (exact) mass is 241 g/mol. The Morgan fingerprint density at radius 1 is 1.41 bits per heavy atom. The second kappa shape index (κ2) is 5.04. The number of carbonyl (C=O) groups excluding carboxylic acids is 2. The Hall–Kier alpha value is -1.10. The summed E-state index contributed by atoms with van der Waals surface area (Å²) in [5.74, 6) is -0.0744. The highest BCUT2D eigenvalue weighted by Crippen LogP contribution is 2.17. The number of amides is 2. The minimum Gasteiger partial charge on any atom is -0.341 e. The topological polar surface area (TPSA) is 52.6 Å². The van der Waals surface area contributed by atoms with Crippen LogP contribution in [0.1, 0.15) is 27.2 Å². The van der Waals surface area contributed by atoms with Crippen LogP contribution >= 0.6 is 0 Å². The Balaban J connectivity index is 2.68. The van der Waals surface area contributed by atoms with Crippen molar-refractivity contribution < 1.29 is 9.59 Å². The summed E-state index contributed by atoms with van der Waals surface area (Å²) in [6.45, 7) is 6.58. The van der Waals surface area contributed by atoms with E-state index in [-0.39, 0.29) is 24.4 Å². The highest BCUT2D eigenvalue weighted by atomic mass is 16.2. The summed E-state index contributed by atoms with van der Waals surface area (Å²) in [5.41, 5.74) is -0.776. The molecule has 0 radical (unpaired) electrons. The molecule has 1 fully saturated rings. The van der Waals surface area contributed by atoms with Gasteiger partial charge in [0.15, 0.2) is 0 Å². The van der Waals surface area contributed by atoms with Gasteiger partial charge in [0.25, 0.3) is 0 Å². The lowest BCUT2D eigenvalue weighted by Crippen LogP contribution is -2.65. The first kappa shape index (κ1) is 14.0. The van der Waals surface area contributed by atoms with E-state index < -0.39 is 5.54 Å². The number of hydrogen-bond acceptors (Lipinski definition) is 3. The van der Waals surface area contributed by atoms with Crippen molar-refractivity contribution in [3.05, 3.63) is 0 Å². The van der Waals surface area contributed by atoms with Crippen LogP contribution in [-0.2, 0) is 9.59 Å². The molecule has 1 heterocycles. The molecular formula is C12H23N3O2. The predicted molar refractivity (Wildman–Crippen MR) is 66.6 cm³/mol. The average Bonchev–Trinajstić information content (AvgIpc) is 2.19. The molecule has 5 heteroatoms. The van der Waals surface area contributed by atoms with Crippen LogP contribution in [-0.4, -0.2) is 60.4 Å². The van der Waals surface area contributed by atoms with Crippen LogP contribution in [0.5, 0.6) is 0 Å². The van der Waals surface area contributed by atoms with Crippen molar-refractivity contribution in [1.82, 2.24) is 15.1 Å². The SMILES string of the molecule is CC(CCN(C)C)N1CC(=O)NC(C)(C)C1=O. The van der Waals surface area contributed by atoms with E-state index in [2.05, 4.69) is 10.2 Å². The van der Waals surface area contributed by atoms with Gasteiger partial charge in [0, 0.05) is 6.04 Å². The second-order valence-corrected chi connectivity index (χ2v) is 5.55. The maximum absolute atomic E-state index is 12.2. The summed E-state index contributed by atoms with van der Waals surface area (Å²) in [5, 5.41) is 2.71. The summed E-state index contributed by atoms with van der Waals surface area (Å²) in [6, 6.07) is 0.0928. The lowest BCUT2D eigenvalue weighted by Gasteiger charge is -2.40. The number of carbonyl (C=O) groups is 2. The van der Waals surface area contributed by atoms with Crippen molar-refractivity contribution in [2.24, 2.45) is 0 Å². The van der Waals surface area contributed by atoms with Crippen molar-refractivity contribution in [3.8, 4) is 0 Å². The van der Waals surface area contributed by atoms with Gasteiger partial charge in [-0.25, -0.2) is 0 Å². The Morgan fingerprint density at radius 2 is 2.00 bits per heavy atom. The Bertz CT molecular complexity index is 313. The van der Waals surface area contributed by atoms with Gasteiger partial charge in [-0.1, -0.05) is 0 Å². The van der Waals surface area contributed by atoms with Gasteiger partial charge >= 0.3 is 0 Å². The molecule has 5 nitrogen and oxygen atoms in total. The molecule has 1 saturated heterocycles. The van der Waals surface area contributed by atoms with E-state index in [9.17, 15) is 9.59 Å². The molecule has 1 unspecified atom stereocenters. The van der Waals surface area contributed by atoms with Gasteiger partial charge in [-0.3, -0.25) is 9.59 Å². The van der Waals surface area contributed by atoms with Crippen molar-refractivity contribution in [1.29, 1.82) is 0 Å². The molecule has 1 aliphatic rings. The van der Waals surface area contributed by atoms with Crippen LogP contribution in [0.25, 0.3) is 0 Å².